The van der Waals surface area contributed by atoms with Crippen molar-refractivity contribution in [2.75, 3.05) is 32.1 Å². The third-order valence-corrected chi connectivity index (χ3v) is 3.76. The number of morpholine rings is 1. The molecule has 3 nitrogen and oxygen atoms in total. The standard InChI is InChI=1S/C13H18N2OS/c1-11-3-2-4-12(9-11)17-10-13(14)15-5-7-16-8-6-15/h2-4,9,14H,5-8,10H2,1H3. The number of amidine groups is 1. The molecule has 0 spiro atoms. The first-order valence-corrected chi connectivity index (χ1v) is 6.84. The zero-order chi connectivity index (χ0) is 12.1. The SMILES string of the molecule is Cc1cccc(SCC(=N)N2CCOCC2)c1. The smallest absolute Gasteiger partial charge is 0.106 e. The number of benzene rings is 1. The fraction of sp³-hybridized carbons (Fsp3) is 0.462. The average molecular weight is 250 g/mol. The first kappa shape index (κ1) is 12.5. The van der Waals surface area contributed by atoms with Gasteiger partial charge in [-0.15, -0.1) is 11.8 Å². The van der Waals surface area contributed by atoms with Crippen LogP contribution in [0.15, 0.2) is 29.2 Å². The molecule has 0 unspecified atom stereocenters. The lowest BCUT2D eigenvalue weighted by Crippen LogP contribution is -2.41. The summed E-state index contributed by atoms with van der Waals surface area (Å²) in [6.45, 7) is 5.30. The van der Waals surface area contributed by atoms with Crippen molar-refractivity contribution in [1.29, 1.82) is 5.41 Å². The average Bonchev–Trinajstić information content (AvgIpc) is 2.37. The molecule has 1 aliphatic rings. The Hall–Kier alpha value is -1.00. The van der Waals surface area contributed by atoms with E-state index in [0.717, 1.165) is 32.1 Å². The van der Waals surface area contributed by atoms with E-state index in [0.29, 0.717) is 5.84 Å². The van der Waals surface area contributed by atoms with Gasteiger partial charge in [-0.05, 0) is 19.1 Å². The van der Waals surface area contributed by atoms with Gasteiger partial charge in [-0.1, -0.05) is 17.7 Å². The number of aryl methyl sites for hydroxylation is 1. The molecule has 1 fully saturated rings. The van der Waals surface area contributed by atoms with Gasteiger partial charge in [0.1, 0.15) is 5.84 Å². The van der Waals surface area contributed by atoms with Crippen LogP contribution in [-0.2, 0) is 4.74 Å². The molecule has 0 aromatic heterocycles. The van der Waals surface area contributed by atoms with E-state index in [1.165, 1.54) is 10.5 Å². The van der Waals surface area contributed by atoms with Crippen LogP contribution in [0, 0.1) is 12.3 Å². The topological polar surface area (TPSA) is 36.3 Å². The van der Waals surface area contributed by atoms with Crippen molar-refractivity contribution in [2.45, 2.75) is 11.8 Å². The molecule has 92 valence electrons. The predicted molar refractivity (Wildman–Crippen MR) is 72.0 cm³/mol. The Morgan fingerprint density at radius 1 is 1.41 bits per heavy atom. The number of thioether (sulfide) groups is 1. The third kappa shape index (κ3) is 3.75. The molecule has 1 heterocycles. The Kier molecular flexibility index (Phi) is 4.45. The predicted octanol–water partition coefficient (Wildman–Crippen LogP) is 2.40. The maximum Gasteiger partial charge on any atom is 0.106 e. The van der Waals surface area contributed by atoms with Gasteiger partial charge in [0.2, 0.25) is 0 Å². The van der Waals surface area contributed by atoms with Crippen molar-refractivity contribution in [3.05, 3.63) is 29.8 Å². The highest BCUT2D eigenvalue weighted by atomic mass is 32.2. The van der Waals surface area contributed by atoms with E-state index in [1.54, 1.807) is 11.8 Å². The number of hydrogen-bond donors (Lipinski definition) is 1. The Labute approximate surface area is 107 Å². The number of ether oxygens (including phenoxy) is 1. The second-order valence-electron chi connectivity index (χ2n) is 4.15. The van der Waals surface area contributed by atoms with Gasteiger partial charge in [-0.25, -0.2) is 0 Å². The molecular formula is C13H18N2OS. The zero-order valence-electron chi connectivity index (χ0n) is 10.1. The molecule has 0 bridgehead atoms. The minimum atomic E-state index is 0.708. The molecule has 0 saturated carbocycles. The first-order chi connectivity index (χ1) is 8.25. The van der Waals surface area contributed by atoms with E-state index in [1.807, 2.05) is 0 Å². The largest absolute Gasteiger partial charge is 0.378 e. The number of rotatable bonds is 3. The molecule has 1 aliphatic heterocycles. The van der Waals surface area contributed by atoms with Crippen LogP contribution in [-0.4, -0.2) is 42.8 Å². The van der Waals surface area contributed by atoms with E-state index >= 15 is 0 Å². The first-order valence-electron chi connectivity index (χ1n) is 5.85. The Morgan fingerprint density at radius 2 is 2.18 bits per heavy atom. The Balaban J connectivity index is 1.83. The van der Waals surface area contributed by atoms with Gasteiger partial charge in [0, 0.05) is 18.0 Å². The molecule has 1 saturated heterocycles. The molecule has 4 heteroatoms. The minimum absolute atomic E-state index is 0.708. The van der Waals surface area contributed by atoms with E-state index in [4.69, 9.17) is 10.1 Å². The van der Waals surface area contributed by atoms with Crippen molar-refractivity contribution in [3.63, 3.8) is 0 Å². The van der Waals surface area contributed by atoms with Crippen LogP contribution in [0.25, 0.3) is 0 Å². The van der Waals surface area contributed by atoms with Gasteiger partial charge < -0.3 is 9.64 Å². The van der Waals surface area contributed by atoms with Crippen LogP contribution < -0.4 is 0 Å². The second kappa shape index (κ2) is 6.07. The maximum atomic E-state index is 8.04. The summed E-state index contributed by atoms with van der Waals surface area (Å²) in [6.07, 6.45) is 0. The van der Waals surface area contributed by atoms with Crippen molar-refractivity contribution >= 4 is 17.6 Å². The zero-order valence-corrected chi connectivity index (χ0v) is 10.9. The molecule has 0 atom stereocenters. The summed E-state index contributed by atoms with van der Waals surface area (Å²) in [6, 6.07) is 8.43. The highest BCUT2D eigenvalue weighted by Crippen LogP contribution is 2.19. The molecule has 1 aromatic carbocycles. The van der Waals surface area contributed by atoms with Gasteiger partial charge in [0.05, 0.1) is 19.0 Å². The second-order valence-corrected chi connectivity index (χ2v) is 5.20. The minimum Gasteiger partial charge on any atom is -0.378 e. The Morgan fingerprint density at radius 3 is 2.88 bits per heavy atom. The molecule has 2 rings (SSSR count). The van der Waals surface area contributed by atoms with Gasteiger partial charge in [0.25, 0.3) is 0 Å². The van der Waals surface area contributed by atoms with E-state index < -0.39 is 0 Å². The van der Waals surface area contributed by atoms with Gasteiger partial charge >= 0.3 is 0 Å². The van der Waals surface area contributed by atoms with Crippen molar-refractivity contribution in [2.24, 2.45) is 0 Å². The highest BCUT2D eigenvalue weighted by Gasteiger charge is 2.13. The molecule has 0 amide bonds. The van der Waals surface area contributed by atoms with Gasteiger partial charge in [0.15, 0.2) is 0 Å². The quantitative estimate of drug-likeness (QED) is 0.508. The molecule has 17 heavy (non-hydrogen) atoms. The van der Waals surface area contributed by atoms with Crippen LogP contribution in [0.3, 0.4) is 0 Å². The fourth-order valence-electron chi connectivity index (χ4n) is 1.78. The lowest BCUT2D eigenvalue weighted by atomic mass is 10.2. The van der Waals surface area contributed by atoms with E-state index in [2.05, 4.69) is 36.1 Å². The Bertz CT molecular complexity index is 389. The summed E-state index contributed by atoms with van der Waals surface area (Å²) in [7, 11) is 0. The van der Waals surface area contributed by atoms with Crippen molar-refractivity contribution < 1.29 is 4.74 Å². The number of hydrogen-bond acceptors (Lipinski definition) is 3. The van der Waals surface area contributed by atoms with Crippen molar-refractivity contribution in [3.8, 4) is 0 Å². The molecule has 0 aliphatic carbocycles. The lowest BCUT2D eigenvalue weighted by molar-refractivity contribution is 0.0676. The molecule has 0 radical (unpaired) electrons. The third-order valence-electron chi connectivity index (χ3n) is 2.76. The maximum absolute atomic E-state index is 8.04. The van der Waals surface area contributed by atoms with Gasteiger partial charge in [-0.3, -0.25) is 5.41 Å². The normalized spacial score (nSPS) is 15.9. The summed E-state index contributed by atoms with van der Waals surface area (Å²) < 4.78 is 5.28. The van der Waals surface area contributed by atoms with Gasteiger partial charge in [-0.2, -0.15) is 0 Å². The summed E-state index contributed by atoms with van der Waals surface area (Å²) in [5.74, 6) is 1.45. The lowest BCUT2D eigenvalue weighted by Gasteiger charge is -2.28. The summed E-state index contributed by atoms with van der Waals surface area (Å²) in [4.78, 5) is 3.34. The number of nitrogens with zero attached hydrogens (tertiary/aromatic N) is 1. The van der Waals surface area contributed by atoms with Crippen LogP contribution in [0.1, 0.15) is 5.56 Å². The summed E-state index contributed by atoms with van der Waals surface area (Å²) >= 11 is 1.73. The van der Waals surface area contributed by atoms with Crippen molar-refractivity contribution in [1.82, 2.24) is 4.90 Å². The van der Waals surface area contributed by atoms with Crippen LogP contribution >= 0.6 is 11.8 Å². The molecule has 1 N–H and O–H groups in total. The van der Waals surface area contributed by atoms with Crippen LogP contribution in [0.5, 0.6) is 0 Å². The van der Waals surface area contributed by atoms with E-state index in [-0.39, 0.29) is 0 Å². The summed E-state index contributed by atoms with van der Waals surface area (Å²) in [5, 5.41) is 8.04. The molecular weight excluding hydrogens is 232 g/mol. The monoisotopic (exact) mass is 250 g/mol. The van der Waals surface area contributed by atoms with Crippen LogP contribution in [0.4, 0.5) is 0 Å². The van der Waals surface area contributed by atoms with Crippen LogP contribution in [0.2, 0.25) is 0 Å². The number of nitrogens with one attached hydrogen (secondary N) is 1. The molecule has 1 aromatic rings. The summed E-state index contributed by atoms with van der Waals surface area (Å²) in [5.41, 5.74) is 1.27. The highest BCUT2D eigenvalue weighted by molar-refractivity contribution is 8.00. The fourth-order valence-corrected chi connectivity index (χ4v) is 2.71. The van der Waals surface area contributed by atoms with E-state index in [9.17, 15) is 0 Å².